The van der Waals surface area contributed by atoms with E-state index in [0.717, 1.165) is 12.1 Å². The molecule has 18 heavy (non-hydrogen) atoms. The highest BCUT2D eigenvalue weighted by Crippen LogP contribution is 2.32. The molecule has 0 spiro atoms. The Kier molecular flexibility index (Phi) is 3.14. The van der Waals surface area contributed by atoms with E-state index in [4.69, 9.17) is 4.74 Å². The molecule has 0 unspecified atom stereocenters. The first-order valence-corrected chi connectivity index (χ1v) is 5.05. The molecule has 0 radical (unpaired) electrons. The molecule has 0 amide bonds. The van der Waals surface area contributed by atoms with Gasteiger partial charge in [-0.15, -0.1) is 0 Å². The summed E-state index contributed by atoms with van der Waals surface area (Å²) in [5, 5.41) is 9.56. The third-order valence-corrected chi connectivity index (χ3v) is 2.50. The summed E-state index contributed by atoms with van der Waals surface area (Å²) in [5.74, 6) is -4.00. The molecule has 0 bridgehead atoms. The maximum atomic E-state index is 13.1. The third-order valence-electron chi connectivity index (χ3n) is 2.50. The second-order valence-electron chi connectivity index (χ2n) is 3.64. The van der Waals surface area contributed by atoms with Crippen LogP contribution in [0.2, 0.25) is 0 Å². The third kappa shape index (κ3) is 2.11. The van der Waals surface area contributed by atoms with Crippen molar-refractivity contribution in [1.29, 1.82) is 0 Å². The second kappa shape index (κ2) is 4.60. The monoisotopic (exact) mass is 254 g/mol. The van der Waals surface area contributed by atoms with Gasteiger partial charge < -0.3 is 9.84 Å². The number of halogens is 3. The van der Waals surface area contributed by atoms with E-state index in [9.17, 15) is 18.3 Å². The maximum absolute atomic E-state index is 13.1. The number of aromatic hydroxyl groups is 1. The van der Waals surface area contributed by atoms with Crippen molar-refractivity contribution in [3.05, 3.63) is 47.8 Å². The molecular weight excluding hydrogens is 245 g/mol. The fourth-order valence-electron chi connectivity index (χ4n) is 1.59. The normalized spacial score (nSPS) is 10.4. The number of hydrogen-bond acceptors (Lipinski definition) is 2. The molecule has 1 N–H and O–H groups in total. The van der Waals surface area contributed by atoms with E-state index in [1.807, 2.05) is 0 Å². The lowest BCUT2D eigenvalue weighted by atomic mass is 10.0. The van der Waals surface area contributed by atoms with Crippen LogP contribution in [0.25, 0.3) is 11.1 Å². The van der Waals surface area contributed by atoms with Crippen molar-refractivity contribution in [2.45, 2.75) is 0 Å². The molecule has 2 aromatic rings. The highest BCUT2D eigenvalue weighted by molar-refractivity contribution is 5.67. The van der Waals surface area contributed by atoms with Gasteiger partial charge in [-0.2, -0.15) is 0 Å². The van der Waals surface area contributed by atoms with Gasteiger partial charge in [0, 0.05) is 0 Å². The second-order valence-corrected chi connectivity index (χ2v) is 3.64. The molecule has 5 heteroatoms. The Morgan fingerprint density at radius 3 is 2.06 bits per heavy atom. The number of benzene rings is 2. The van der Waals surface area contributed by atoms with Crippen LogP contribution in [0, 0.1) is 17.5 Å². The number of ether oxygens (including phenoxy) is 1. The zero-order valence-electron chi connectivity index (χ0n) is 9.38. The predicted molar refractivity (Wildman–Crippen MR) is 60.0 cm³/mol. The van der Waals surface area contributed by atoms with E-state index in [0.29, 0.717) is 5.56 Å². The van der Waals surface area contributed by atoms with Crippen molar-refractivity contribution in [3.63, 3.8) is 0 Å². The molecular formula is C13H9F3O2. The summed E-state index contributed by atoms with van der Waals surface area (Å²) in [6.07, 6.45) is 0. The van der Waals surface area contributed by atoms with E-state index in [1.165, 1.54) is 25.3 Å². The number of methoxy groups -OCH3 is 1. The lowest BCUT2D eigenvalue weighted by Gasteiger charge is -2.07. The van der Waals surface area contributed by atoms with Gasteiger partial charge in [-0.1, -0.05) is 6.07 Å². The largest absolute Gasteiger partial charge is 0.504 e. The molecule has 0 aliphatic carbocycles. The Morgan fingerprint density at radius 2 is 1.56 bits per heavy atom. The van der Waals surface area contributed by atoms with Gasteiger partial charge in [0.25, 0.3) is 0 Å². The lowest BCUT2D eigenvalue weighted by Crippen LogP contribution is -1.92. The summed E-state index contributed by atoms with van der Waals surface area (Å²) < 4.78 is 43.8. The van der Waals surface area contributed by atoms with Crippen molar-refractivity contribution in [2.24, 2.45) is 0 Å². The highest BCUT2D eigenvalue weighted by Gasteiger charge is 2.12. The van der Waals surface area contributed by atoms with Crippen LogP contribution in [0.15, 0.2) is 30.3 Å². The standard InChI is InChI=1S/C13H9F3O2/c1-18-12-3-2-7(6-11(12)17)8-4-9(14)13(16)10(15)5-8/h2-6,17H,1H3. The van der Waals surface area contributed by atoms with E-state index in [2.05, 4.69) is 0 Å². The van der Waals surface area contributed by atoms with Gasteiger partial charge in [0.2, 0.25) is 0 Å². The van der Waals surface area contributed by atoms with Crippen LogP contribution in [0.3, 0.4) is 0 Å². The van der Waals surface area contributed by atoms with Crippen LogP contribution in [0.5, 0.6) is 11.5 Å². The quantitative estimate of drug-likeness (QED) is 0.831. The van der Waals surface area contributed by atoms with E-state index >= 15 is 0 Å². The van der Waals surface area contributed by atoms with Gasteiger partial charge in [-0.05, 0) is 35.4 Å². The van der Waals surface area contributed by atoms with E-state index in [-0.39, 0.29) is 17.1 Å². The maximum Gasteiger partial charge on any atom is 0.194 e. The Bertz CT molecular complexity index is 574. The number of hydrogen-bond donors (Lipinski definition) is 1. The summed E-state index contributed by atoms with van der Waals surface area (Å²) in [4.78, 5) is 0. The molecule has 0 aliphatic rings. The molecule has 0 aromatic heterocycles. The van der Waals surface area contributed by atoms with Gasteiger partial charge >= 0.3 is 0 Å². The van der Waals surface area contributed by atoms with Gasteiger partial charge in [-0.25, -0.2) is 13.2 Å². The van der Waals surface area contributed by atoms with Gasteiger partial charge in [0.05, 0.1) is 7.11 Å². The molecule has 0 heterocycles. The highest BCUT2D eigenvalue weighted by atomic mass is 19.2. The average Bonchev–Trinajstić information content (AvgIpc) is 2.35. The van der Waals surface area contributed by atoms with Crippen molar-refractivity contribution in [3.8, 4) is 22.6 Å². The van der Waals surface area contributed by atoms with Crippen LogP contribution in [-0.2, 0) is 0 Å². The molecule has 2 aromatic carbocycles. The fourth-order valence-corrected chi connectivity index (χ4v) is 1.59. The first-order chi connectivity index (χ1) is 8.52. The Labute approximate surface area is 101 Å². The Morgan fingerprint density at radius 1 is 0.944 bits per heavy atom. The number of phenolic OH excluding ortho intramolecular Hbond substituents is 1. The summed E-state index contributed by atoms with van der Waals surface area (Å²) in [5.41, 5.74) is 0.482. The summed E-state index contributed by atoms with van der Waals surface area (Å²) in [6, 6.07) is 5.96. The van der Waals surface area contributed by atoms with Crippen molar-refractivity contribution >= 4 is 0 Å². The first kappa shape index (κ1) is 12.3. The first-order valence-electron chi connectivity index (χ1n) is 5.05. The van der Waals surface area contributed by atoms with Crippen LogP contribution in [0.1, 0.15) is 0 Å². The zero-order chi connectivity index (χ0) is 13.3. The van der Waals surface area contributed by atoms with Crippen LogP contribution in [-0.4, -0.2) is 12.2 Å². The average molecular weight is 254 g/mol. The van der Waals surface area contributed by atoms with Crippen molar-refractivity contribution < 1.29 is 23.0 Å². The van der Waals surface area contributed by atoms with E-state index in [1.54, 1.807) is 0 Å². The SMILES string of the molecule is COc1ccc(-c2cc(F)c(F)c(F)c2)cc1O. The summed E-state index contributed by atoms with van der Waals surface area (Å²) in [7, 11) is 1.38. The Balaban J connectivity index is 2.52. The Hall–Kier alpha value is -2.17. The molecule has 94 valence electrons. The minimum Gasteiger partial charge on any atom is -0.504 e. The molecule has 2 rings (SSSR count). The molecule has 0 saturated carbocycles. The van der Waals surface area contributed by atoms with Gasteiger partial charge in [0.1, 0.15) is 0 Å². The number of rotatable bonds is 2. The van der Waals surface area contributed by atoms with E-state index < -0.39 is 17.5 Å². The van der Waals surface area contributed by atoms with Crippen LogP contribution < -0.4 is 4.74 Å². The van der Waals surface area contributed by atoms with Crippen molar-refractivity contribution in [2.75, 3.05) is 7.11 Å². The minimum absolute atomic E-state index is 0.129. The predicted octanol–water partition coefficient (Wildman–Crippen LogP) is 3.49. The minimum atomic E-state index is -1.52. The van der Waals surface area contributed by atoms with Gasteiger partial charge in [0.15, 0.2) is 29.0 Å². The molecule has 0 aliphatic heterocycles. The number of phenols is 1. The zero-order valence-corrected chi connectivity index (χ0v) is 9.38. The molecule has 0 fully saturated rings. The van der Waals surface area contributed by atoms with Crippen molar-refractivity contribution in [1.82, 2.24) is 0 Å². The molecule has 2 nitrogen and oxygen atoms in total. The van der Waals surface area contributed by atoms with Crippen LogP contribution in [0.4, 0.5) is 13.2 Å². The smallest absolute Gasteiger partial charge is 0.194 e. The van der Waals surface area contributed by atoms with Crippen LogP contribution >= 0.6 is 0 Å². The lowest BCUT2D eigenvalue weighted by molar-refractivity contribution is 0.373. The summed E-state index contributed by atoms with van der Waals surface area (Å²) in [6.45, 7) is 0. The fraction of sp³-hybridized carbons (Fsp3) is 0.0769. The summed E-state index contributed by atoms with van der Waals surface area (Å²) >= 11 is 0. The topological polar surface area (TPSA) is 29.5 Å². The molecule has 0 saturated heterocycles. The molecule has 0 atom stereocenters. The van der Waals surface area contributed by atoms with Gasteiger partial charge in [-0.3, -0.25) is 0 Å².